The summed E-state index contributed by atoms with van der Waals surface area (Å²) in [6.07, 6.45) is 0. The molecule has 0 bridgehead atoms. The molecule has 0 unspecified atom stereocenters. The first kappa shape index (κ1) is 14.0. The Morgan fingerprint density at radius 2 is 1.89 bits per heavy atom. The van der Waals surface area contributed by atoms with Crippen LogP contribution in [-0.4, -0.2) is 22.3 Å². The molecule has 0 aliphatic heterocycles. The molecule has 1 heterocycles. The highest BCUT2D eigenvalue weighted by atomic mass is 79.9. The maximum Gasteiger partial charge on any atom is 0.148 e. The third-order valence-corrected chi connectivity index (χ3v) is 3.23. The summed E-state index contributed by atoms with van der Waals surface area (Å²) in [5, 5.41) is 11.6. The van der Waals surface area contributed by atoms with E-state index in [2.05, 4.69) is 31.4 Å². The van der Waals surface area contributed by atoms with Crippen LogP contribution in [-0.2, 0) is 0 Å². The van der Waals surface area contributed by atoms with Crippen LogP contribution in [0.15, 0.2) is 40.9 Å². The average Bonchev–Trinajstić information content (AvgIpc) is 2.37. The van der Waals surface area contributed by atoms with Gasteiger partial charge in [0.2, 0.25) is 0 Å². The predicted molar refractivity (Wildman–Crippen MR) is 81.9 cm³/mol. The lowest BCUT2D eigenvalue weighted by Gasteiger charge is -2.19. The van der Waals surface area contributed by atoms with E-state index in [-0.39, 0.29) is 5.54 Å². The number of hydrogen-bond acceptors (Lipinski definition) is 4. The molecular weight excluding hydrogens is 304 g/mol. The molecule has 2 rings (SSSR count). The maximum atomic E-state index is 5.91. The number of rotatable bonds is 4. The molecule has 0 aliphatic rings. The van der Waals surface area contributed by atoms with Crippen LogP contribution in [0.4, 0.5) is 5.82 Å². The molecule has 100 valence electrons. The number of nitrogens with zero attached hydrogens (tertiary/aromatic N) is 2. The maximum absolute atomic E-state index is 5.91. The zero-order valence-electron chi connectivity index (χ0n) is 11.0. The Hall–Kier alpha value is -1.46. The van der Waals surface area contributed by atoms with Crippen LogP contribution < -0.4 is 11.1 Å². The monoisotopic (exact) mass is 320 g/mol. The van der Waals surface area contributed by atoms with Gasteiger partial charge in [-0.05, 0) is 32.0 Å². The molecule has 1 aromatic heterocycles. The number of benzene rings is 1. The summed E-state index contributed by atoms with van der Waals surface area (Å²) in [7, 11) is 0. The van der Waals surface area contributed by atoms with E-state index >= 15 is 0 Å². The van der Waals surface area contributed by atoms with Gasteiger partial charge in [-0.3, -0.25) is 0 Å². The summed E-state index contributed by atoms with van der Waals surface area (Å²) in [6.45, 7) is 4.57. The van der Waals surface area contributed by atoms with Gasteiger partial charge in [0.15, 0.2) is 0 Å². The summed E-state index contributed by atoms with van der Waals surface area (Å²) in [5.41, 5.74) is 7.50. The van der Waals surface area contributed by atoms with E-state index in [1.165, 1.54) is 0 Å². The standard InChI is InChI=1S/C14H17BrN4/c1-14(2,16)9-17-13-8-7-12(18-19-13)10-5-3-4-6-11(10)15/h3-8H,9,16H2,1-2H3,(H,17,19). The minimum Gasteiger partial charge on any atom is -0.367 e. The average molecular weight is 321 g/mol. The predicted octanol–water partition coefficient (Wildman–Crippen LogP) is 3.06. The number of nitrogens with one attached hydrogen (secondary N) is 1. The van der Waals surface area contributed by atoms with Crippen LogP contribution >= 0.6 is 15.9 Å². The van der Waals surface area contributed by atoms with Gasteiger partial charge in [0.1, 0.15) is 5.82 Å². The van der Waals surface area contributed by atoms with E-state index < -0.39 is 0 Å². The van der Waals surface area contributed by atoms with Crippen molar-refractivity contribution in [2.24, 2.45) is 5.73 Å². The van der Waals surface area contributed by atoms with Gasteiger partial charge in [0.05, 0.1) is 5.69 Å². The zero-order valence-corrected chi connectivity index (χ0v) is 12.6. The van der Waals surface area contributed by atoms with Crippen molar-refractivity contribution in [2.45, 2.75) is 19.4 Å². The van der Waals surface area contributed by atoms with Crippen LogP contribution in [0.2, 0.25) is 0 Å². The highest BCUT2D eigenvalue weighted by Gasteiger charge is 2.10. The van der Waals surface area contributed by atoms with Crippen molar-refractivity contribution in [3.8, 4) is 11.3 Å². The number of halogens is 1. The second-order valence-electron chi connectivity index (χ2n) is 5.13. The lowest BCUT2D eigenvalue weighted by atomic mass is 10.1. The summed E-state index contributed by atoms with van der Waals surface area (Å²) < 4.78 is 1.01. The van der Waals surface area contributed by atoms with Crippen LogP contribution in [0.5, 0.6) is 0 Å². The van der Waals surface area contributed by atoms with E-state index in [1.807, 2.05) is 50.2 Å². The van der Waals surface area contributed by atoms with Crippen LogP contribution in [0.1, 0.15) is 13.8 Å². The second kappa shape index (κ2) is 5.67. The molecule has 0 radical (unpaired) electrons. The lowest BCUT2D eigenvalue weighted by Crippen LogP contribution is -2.39. The molecule has 4 nitrogen and oxygen atoms in total. The van der Waals surface area contributed by atoms with Crippen LogP contribution in [0, 0.1) is 0 Å². The molecule has 2 aromatic rings. The Labute approximate surface area is 121 Å². The highest BCUT2D eigenvalue weighted by molar-refractivity contribution is 9.10. The molecule has 0 saturated heterocycles. The van der Waals surface area contributed by atoms with Crippen molar-refractivity contribution in [1.29, 1.82) is 0 Å². The fourth-order valence-corrected chi connectivity index (χ4v) is 2.05. The molecule has 0 atom stereocenters. The minimum atomic E-state index is -0.275. The van der Waals surface area contributed by atoms with Crippen molar-refractivity contribution >= 4 is 21.7 Å². The van der Waals surface area contributed by atoms with Gasteiger partial charge in [0.25, 0.3) is 0 Å². The molecule has 0 amide bonds. The van der Waals surface area contributed by atoms with E-state index in [0.29, 0.717) is 6.54 Å². The third kappa shape index (κ3) is 4.01. The summed E-state index contributed by atoms with van der Waals surface area (Å²) in [5.74, 6) is 0.731. The molecule has 0 fully saturated rings. The van der Waals surface area contributed by atoms with E-state index in [9.17, 15) is 0 Å². The third-order valence-electron chi connectivity index (χ3n) is 2.54. The molecule has 3 N–H and O–H groups in total. The molecule has 0 saturated carbocycles. The zero-order chi connectivity index (χ0) is 13.9. The van der Waals surface area contributed by atoms with Gasteiger partial charge in [-0.15, -0.1) is 10.2 Å². The van der Waals surface area contributed by atoms with Crippen molar-refractivity contribution in [3.05, 3.63) is 40.9 Å². The summed E-state index contributed by atoms with van der Waals surface area (Å²) >= 11 is 3.51. The molecule has 1 aromatic carbocycles. The van der Waals surface area contributed by atoms with Crippen molar-refractivity contribution in [1.82, 2.24) is 10.2 Å². The largest absolute Gasteiger partial charge is 0.367 e. The lowest BCUT2D eigenvalue weighted by molar-refractivity contribution is 0.548. The Morgan fingerprint density at radius 3 is 2.47 bits per heavy atom. The molecule has 19 heavy (non-hydrogen) atoms. The van der Waals surface area contributed by atoms with Gasteiger partial charge < -0.3 is 11.1 Å². The Morgan fingerprint density at radius 1 is 1.16 bits per heavy atom. The topological polar surface area (TPSA) is 63.8 Å². The summed E-state index contributed by atoms with van der Waals surface area (Å²) in [6, 6.07) is 11.8. The van der Waals surface area contributed by atoms with Crippen LogP contribution in [0.3, 0.4) is 0 Å². The molecule has 5 heteroatoms. The van der Waals surface area contributed by atoms with Crippen molar-refractivity contribution in [2.75, 3.05) is 11.9 Å². The Kier molecular flexibility index (Phi) is 4.17. The Balaban J connectivity index is 2.13. The Bertz CT molecular complexity index is 546. The first-order valence-electron chi connectivity index (χ1n) is 6.07. The van der Waals surface area contributed by atoms with Gasteiger partial charge in [0, 0.05) is 22.1 Å². The molecule has 0 spiro atoms. The molecular formula is C14H17BrN4. The number of hydrogen-bond donors (Lipinski definition) is 2. The minimum absolute atomic E-state index is 0.275. The van der Waals surface area contributed by atoms with E-state index in [1.54, 1.807) is 0 Å². The van der Waals surface area contributed by atoms with E-state index in [4.69, 9.17) is 5.73 Å². The molecule has 0 aliphatic carbocycles. The SMILES string of the molecule is CC(C)(N)CNc1ccc(-c2ccccc2Br)nn1. The normalized spacial score (nSPS) is 11.4. The van der Waals surface area contributed by atoms with Gasteiger partial charge in [-0.1, -0.05) is 34.1 Å². The van der Waals surface area contributed by atoms with E-state index in [0.717, 1.165) is 21.5 Å². The first-order chi connectivity index (χ1) is 8.96. The van der Waals surface area contributed by atoms with Crippen molar-refractivity contribution in [3.63, 3.8) is 0 Å². The number of nitrogens with two attached hydrogens (primary N) is 1. The second-order valence-corrected chi connectivity index (χ2v) is 5.98. The van der Waals surface area contributed by atoms with Gasteiger partial charge in [-0.25, -0.2) is 0 Å². The summed E-state index contributed by atoms with van der Waals surface area (Å²) in [4.78, 5) is 0. The fraction of sp³-hybridized carbons (Fsp3) is 0.286. The van der Waals surface area contributed by atoms with Gasteiger partial charge >= 0.3 is 0 Å². The van der Waals surface area contributed by atoms with Gasteiger partial charge in [-0.2, -0.15) is 0 Å². The fourth-order valence-electron chi connectivity index (χ4n) is 1.56. The smallest absolute Gasteiger partial charge is 0.148 e. The number of anilines is 1. The van der Waals surface area contributed by atoms with Crippen LogP contribution in [0.25, 0.3) is 11.3 Å². The van der Waals surface area contributed by atoms with Crippen molar-refractivity contribution < 1.29 is 0 Å². The quantitative estimate of drug-likeness (QED) is 0.908. The highest BCUT2D eigenvalue weighted by Crippen LogP contribution is 2.26. The first-order valence-corrected chi connectivity index (χ1v) is 6.86. The number of aromatic nitrogens is 2.